The molecule has 1 N–H and O–H groups in total. The summed E-state index contributed by atoms with van der Waals surface area (Å²) in [4.78, 5) is 11.8. The summed E-state index contributed by atoms with van der Waals surface area (Å²) in [6.07, 6.45) is 0. The van der Waals surface area contributed by atoms with E-state index in [9.17, 15) is 4.79 Å². The summed E-state index contributed by atoms with van der Waals surface area (Å²) in [6.45, 7) is 3.58. The van der Waals surface area contributed by atoms with Crippen molar-refractivity contribution in [2.24, 2.45) is 5.92 Å². The Morgan fingerprint density at radius 1 is 1.19 bits per heavy atom. The number of anilines is 1. The van der Waals surface area contributed by atoms with Crippen molar-refractivity contribution in [3.8, 4) is 22.8 Å². The fourth-order valence-electron chi connectivity index (χ4n) is 1.70. The van der Waals surface area contributed by atoms with Crippen LogP contribution < -0.4 is 14.8 Å². The Morgan fingerprint density at radius 3 is 2.52 bits per heavy atom. The first-order chi connectivity index (χ1) is 10.1. The van der Waals surface area contributed by atoms with Crippen LogP contribution in [0.4, 0.5) is 5.82 Å². The van der Waals surface area contributed by atoms with Crippen molar-refractivity contribution in [2.75, 3.05) is 19.5 Å². The van der Waals surface area contributed by atoms with E-state index in [2.05, 4.69) is 15.6 Å². The molecule has 0 spiro atoms. The zero-order valence-corrected chi connectivity index (χ0v) is 12.3. The topological polar surface area (TPSA) is 86.5 Å². The Bertz CT molecular complexity index is 637. The summed E-state index contributed by atoms with van der Waals surface area (Å²) in [5, 5.41) is 10.2. The fourth-order valence-corrected chi connectivity index (χ4v) is 1.70. The molecule has 0 saturated carbocycles. The third-order valence-corrected chi connectivity index (χ3v) is 2.91. The highest BCUT2D eigenvalue weighted by atomic mass is 16.6. The van der Waals surface area contributed by atoms with Crippen LogP contribution >= 0.6 is 0 Å². The third kappa shape index (κ3) is 3.13. The van der Waals surface area contributed by atoms with Crippen LogP contribution in [-0.4, -0.2) is 30.4 Å². The highest BCUT2D eigenvalue weighted by molar-refractivity contribution is 5.94. The van der Waals surface area contributed by atoms with Crippen LogP contribution in [0.1, 0.15) is 13.8 Å². The largest absolute Gasteiger partial charge is 0.493 e. The second-order valence-electron chi connectivity index (χ2n) is 4.68. The number of nitrogens with zero attached hydrogens (tertiary/aromatic N) is 2. The van der Waals surface area contributed by atoms with Crippen LogP contribution in [-0.2, 0) is 4.79 Å². The first-order valence-corrected chi connectivity index (χ1v) is 6.42. The van der Waals surface area contributed by atoms with Crippen molar-refractivity contribution in [1.29, 1.82) is 0 Å². The minimum absolute atomic E-state index is 0.160. The lowest BCUT2D eigenvalue weighted by Gasteiger charge is -2.09. The zero-order valence-electron chi connectivity index (χ0n) is 12.3. The highest BCUT2D eigenvalue weighted by Crippen LogP contribution is 2.33. The summed E-state index contributed by atoms with van der Waals surface area (Å²) < 4.78 is 15.1. The maximum Gasteiger partial charge on any atom is 0.228 e. The van der Waals surface area contributed by atoms with E-state index in [0.717, 1.165) is 0 Å². The van der Waals surface area contributed by atoms with Crippen molar-refractivity contribution >= 4 is 11.7 Å². The minimum Gasteiger partial charge on any atom is -0.493 e. The number of rotatable bonds is 5. The molecule has 7 nitrogen and oxygen atoms in total. The van der Waals surface area contributed by atoms with Gasteiger partial charge in [-0.3, -0.25) is 4.79 Å². The molecule has 0 unspecified atom stereocenters. The number of hydrogen-bond acceptors (Lipinski definition) is 6. The molecule has 0 atom stereocenters. The van der Waals surface area contributed by atoms with Gasteiger partial charge in [0.1, 0.15) is 0 Å². The molecule has 0 bridgehead atoms. The second kappa shape index (κ2) is 6.25. The van der Waals surface area contributed by atoms with Gasteiger partial charge in [-0.15, -0.1) is 0 Å². The van der Waals surface area contributed by atoms with Gasteiger partial charge in [-0.1, -0.05) is 13.8 Å². The predicted octanol–water partition coefficient (Wildman–Crippen LogP) is 2.35. The molecule has 7 heteroatoms. The van der Waals surface area contributed by atoms with Crippen LogP contribution in [0.25, 0.3) is 11.3 Å². The monoisotopic (exact) mass is 291 g/mol. The highest BCUT2D eigenvalue weighted by Gasteiger charge is 2.18. The van der Waals surface area contributed by atoms with Crippen molar-refractivity contribution in [2.45, 2.75) is 13.8 Å². The van der Waals surface area contributed by atoms with Gasteiger partial charge in [0.05, 0.1) is 14.2 Å². The second-order valence-corrected chi connectivity index (χ2v) is 4.68. The van der Waals surface area contributed by atoms with Crippen LogP contribution in [0.3, 0.4) is 0 Å². The third-order valence-electron chi connectivity index (χ3n) is 2.91. The normalized spacial score (nSPS) is 10.5. The number of aromatic nitrogens is 2. The molecule has 112 valence electrons. The van der Waals surface area contributed by atoms with Gasteiger partial charge in [0.25, 0.3) is 0 Å². The first kappa shape index (κ1) is 14.8. The molecular formula is C14H17N3O4. The number of amides is 1. The summed E-state index contributed by atoms with van der Waals surface area (Å²) in [7, 11) is 3.10. The Balaban J connectivity index is 2.35. The number of carbonyl (C=O) groups excluding carboxylic acids is 1. The molecular weight excluding hydrogens is 274 g/mol. The molecule has 0 radical (unpaired) electrons. The van der Waals surface area contributed by atoms with Crippen LogP contribution in [0, 0.1) is 5.92 Å². The predicted molar refractivity (Wildman–Crippen MR) is 76.3 cm³/mol. The quantitative estimate of drug-likeness (QED) is 0.910. The average molecular weight is 291 g/mol. The molecule has 0 aliphatic heterocycles. The Labute approximate surface area is 122 Å². The van der Waals surface area contributed by atoms with Crippen LogP contribution in [0.2, 0.25) is 0 Å². The van der Waals surface area contributed by atoms with Crippen LogP contribution in [0.15, 0.2) is 22.8 Å². The lowest BCUT2D eigenvalue weighted by molar-refractivity contribution is -0.118. The Hall–Kier alpha value is -2.57. The summed E-state index contributed by atoms with van der Waals surface area (Å²) in [5.74, 6) is 1.11. The molecule has 2 aromatic rings. The molecule has 0 saturated heterocycles. The average Bonchev–Trinajstić information content (AvgIpc) is 2.94. The van der Waals surface area contributed by atoms with Gasteiger partial charge in [0.15, 0.2) is 17.2 Å². The lowest BCUT2D eigenvalue weighted by atomic mass is 10.1. The molecule has 0 aliphatic rings. The smallest absolute Gasteiger partial charge is 0.228 e. The van der Waals surface area contributed by atoms with Crippen LogP contribution in [0.5, 0.6) is 11.5 Å². The van der Waals surface area contributed by atoms with Crippen molar-refractivity contribution < 1.29 is 18.9 Å². The molecule has 1 amide bonds. The molecule has 0 aliphatic carbocycles. The number of methoxy groups -OCH3 is 2. The van der Waals surface area contributed by atoms with E-state index < -0.39 is 0 Å². The first-order valence-electron chi connectivity index (χ1n) is 6.42. The van der Waals surface area contributed by atoms with Crippen molar-refractivity contribution in [1.82, 2.24) is 10.3 Å². The standard InChI is InChI=1S/C14H17N3O4/c1-8(2)14(18)15-13-12(16-21-17-13)9-5-6-10(19-3)11(7-9)20-4/h5-8H,1-4H3,(H,15,17,18). The van der Waals surface area contributed by atoms with E-state index in [1.54, 1.807) is 46.3 Å². The van der Waals surface area contributed by atoms with E-state index >= 15 is 0 Å². The zero-order chi connectivity index (χ0) is 15.4. The maximum absolute atomic E-state index is 11.8. The van der Waals surface area contributed by atoms with Crippen molar-refractivity contribution in [3.63, 3.8) is 0 Å². The van der Waals surface area contributed by atoms with E-state index in [1.165, 1.54) is 0 Å². The summed E-state index contributed by atoms with van der Waals surface area (Å²) >= 11 is 0. The molecule has 2 rings (SSSR count). The van der Waals surface area contributed by atoms with Gasteiger partial charge in [0.2, 0.25) is 11.7 Å². The molecule has 21 heavy (non-hydrogen) atoms. The van der Waals surface area contributed by atoms with E-state index in [1.807, 2.05) is 0 Å². The van der Waals surface area contributed by atoms with E-state index in [-0.39, 0.29) is 17.6 Å². The van der Waals surface area contributed by atoms with Gasteiger partial charge in [-0.05, 0) is 28.5 Å². The maximum atomic E-state index is 11.8. The molecule has 1 heterocycles. The lowest BCUT2D eigenvalue weighted by Crippen LogP contribution is -2.18. The Kier molecular flexibility index (Phi) is 4.42. The number of nitrogens with one attached hydrogen (secondary N) is 1. The minimum atomic E-state index is -0.167. The van der Waals surface area contributed by atoms with Gasteiger partial charge in [0, 0.05) is 11.5 Å². The number of carbonyl (C=O) groups is 1. The van der Waals surface area contributed by atoms with E-state index in [0.29, 0.717) is 22.8 Å². The number of ether oxygens (including phenoxy) is 2. The van der Waals surface area contributed by atoms with E-state index in [4.69, 9.17) is 14.1 Å². The SMILES string of the molecule is COc1ccc(-c2nonc2NC(=O)C(C)C)cc1OC. The van der Waals surface area contributed by atoms with Crippen molar-refractivity contribution in [3.05, 3.63) is 18.2 Å². The van der Waals surface area contributed by atoms with Gasteiger partial charge in [-0.25, -0.2) is 4.63 Å². The fraction of sp³-hybridized carbons (Fsp3) is 0.357. The summed E-state index contributed by atoms with van der Waals surface area (Å²) in [6, 6.07) is 5.27. The Morgan fingerprint density at radius 2 is 1.90 bits per heavy atom. The van der Waals surface area contributed by atoms with Gasteiger partial charge >= 0.3 is 0 Å². The molecule has 0 fully saturated rings. The van der Waals surface area contributed by atoms with Gasteiger partial charge < -0.3 is 14.8 Å². The molecule has 1 aromatic heterocycles. The summed E-state index contributed by atoms with van der Waals surface area (Å²) in [5.41, 5.74) is 1.14. The number of hydrogen-bond donors (Lipinski definition) is 1. The van der Waals surface area contributed by atoms with Gasteiger partial charge in [-0.2, -0.15) is 0 Å². The molecule has 1 aromatic carbocycles. The number of benzene rings is 1.